The van der Waals surface area contributed by atoms with Crippen molar-refractivity contribution in [3.8, 4) is 0 Å². The predicted molar refractivity (Wildman–Crippen MR) is 108 cm³/mol. The lowest BCUT2D eigenvalue weighted by molar-refractivity contribution is -0.137. The van der Waals surface area contributed by atoms with Crippen LogP contribution in [0.3, 0.4) is 0 Å². The van der Waals surface area contributed by atoms with Crippen molar-refractivity contribution in [2.24, 2.45) is 5.41 Å². The number of hydrogen-bond donors (Lipinski definition) is 3. The highest BCUT2D eigenvalue weighted by Gasteiger charge is 2.20. The Balaban J connectivity index is 1.90. The van der Waals surface area contributed by atoms with Crippen molar-refractivity contribution in [2.75, 3.05) is 5.32 Å². The first-order valence-electron chi connectivity index (χ1n) is 9.14. The highest BCUT2D eigenvalue weighted by atomic mass is 16.4. The molecule has 0 unspecified atom stereocenters. The molecule has 148 valence electrons. The van der Waals surface area contributed by atoms with Crippen molar-refractivity contribution < 1.29 is 19.5 Å². The van der Waals surface area contributed by atoms with Crippen LogP contribution in [0.4, 0.5) is 5.69 Å². The van der Waals surface area contributed by atoms with Crippen LogP contribution in [0, 0.1) is 5.41 Å². The van der Waals surface area contributed by atoms with Gasteiger partial charge in [-0.3, -0.25) is 14.4 Å². The van der Waals surface area contributed by atoms with Crippen LogP contribution in [0.5, 0.6) is 0 Å². The van der Waals surface area contributed by atoms with Crippen molar-refractivity contribution in [1.29, 1.82) is 0 Å². The van der Waals surface area contributed by atoms with Gasteiger partial charge >= 0.3 is 5.97 Å². The molecule has 0 aliphatic carbocycles. The Morgan fingerprint density at radius 1 is 0.893 bits per heavy atom. The molecule has 0 saturated heterocycles. The third-order valence-electron chi connectivity index (χ3n) is 4.19. The summed E-state index contributed by atoms with van der Waals surface area (Å²) in [7, 11) is 0. The Morgan fingerprint density at radius 2 is 1.46 bits per heavy atom. The molecule has 0 atom stereocenters. The minimum Gasteiger partial charge on any atom is -0.481 e. The van der Waals surface area contributed by atoms with Crippen LogP contribution in [0.1, 0.15) is 48.7 Å². The standard InChI is InChI=1S/C22H26N2O4/c1-22(2,3)21(28)23-14-16-4-9-17(10-5-16)20(27)24-18-11-6-15(7-12-18)8-13-19(25)26/h4-7,9-12H,8,13-14H2,1-3H3,(H,23,28)(H,24,27)(H,25,26). The van der Waals surface area contributed by atoms with Gasteiger partial charge in [0, 0.05) is 29.6 Å². The van der Waals surface area contributed by atoms with Crippen LogP contribution in [-0.4, -0.2) is 22.9 Å². The van der Waals surface area contributed by atoms with Crippen LogP contribution in [-0.2, 0) is 22.6 Å². The van der Waals surface area contributed by atoms with Gasteiger partial charge in [0.2, 0.25) is 5.91 Å². The summed E-state index contributed by atoms with van der Waals surface area (Å²) in [5.74, 6) is -1.09. The Hall–Kier alpha value is -3.15. The lowest BCUT2D eigenvalue weighted by atomic mass is 9.95. The van der Waals surface area contributed by atoms with E-state index in [0.29, 0.717) is 24.2 Å². The van der Waals surface area contributed by atoms with Gasteiger partial charge in [0.25, 0.3) is 5.91 Å². The minimum atomic E-state index is -0.834. The average molecular weight is 382 g/mol. The molecular formula is C22H26N2O4. The first-order chi connectivity index (χ1) is 13.1. The Kier molecular flexibility index (Phi) is 6.93. The normalized spacial score (nSPS) is 11.0. The molecule has 0 spiro atoms. The summed E-state index contributed by atoms with van der Waals surface area (Å²) in [5, 5.41) is 14.4. The summed E-state index contributed by atoms with van der Waals surface area (Å²) < 4.78 is 0. The fraction of sp³-hybridized carbons (Fsp3) is 0.318. The molecule has 6 heteroatoms. The molecule has 28 heavy (non-hydrogen) atoms. The van der Waals surface area contributed by atoms with E-state index in [2.05, 4.69) is 10.6 Å². The maximum absolute atomic E-state index is 12.4. The predicted octanol–water partition coefficient (Wildman–Crippen LogP) is 3.62. The first kappa shape index (κ1) is 21.2. The number of carboxylic acid groups (broad SMARTS) is 1. The van der Waals surface area contributed by atoms with E-state index in [1.807, 2.05) is 32.9 Å². The average Bonchev–Trinajstić information content (AvgIpc) is 2.65. The van der Waals surface area contributed by atoms with Crippen LogP contribution in [0.15, 0.2) is 48.5 Å². The Morgan fingerprint density at radius 3 is 2.00 bits per heavy atom. The number of nitrogens with one attached hydrogen (secondary N) is 2. The molecule has 3 N–H and O–H groups in total. The number of anilines is 1. The zero-order valence-corrected chi connectivity index (χ0v) is 16.4. The number of aliphatic carboxylic acids is 1. The van der Waals surface area contributed by atoms with Gasteiger partial charge in [0.15, 0.2) is 0 Å². The number of carboxylic acids is 1. The number of aryl methyl sites for hydroxylation is 1. The van der Waals surface area contributed by atoms with Crippen molar-refractivity contribution >= 4 is 23.5 Å². The summed E-state index contributed by atoms with van der Waals surface area (Å²) in [6, 6.07) is 14.2. The van der Waals surface area contributed by atoms with E-state index in [9.17, 15) is 14.4 Å². The molecule has 0 heterocycles. The van der Waals surface area contributed by atoms with Crippen LogP contribution >= 0.6 is 0 Å². The van der Waals surface area contributed by atoms with Crippen molar-refractivity contribution in [3.63, 3.8) is 0 Å². The lowest BCUT2D eigenvalue weighted by Gasteiger charge is -2.17. The van der Waals surface area contributed by atoms with E-state index in [-0.39, 0.29) is 18.2 Å². The Labute approximate surface area is 165 Å². The molecule has 0 aromatic heterocycles. The number of carbonyl (C=O) groups is 3. The fourth-order valence-corrected chi connectivity index (χ4v) is 2.43. The molecule has 0 bridgehead atoms. The van der Waals surface area contributed by atoms with Crippen molar-refractivity contribution in [1.82, 2.24) is 5.32 Å². The smallest absolute Gasteiger partial charge is 0.303 e. The van der Waals surface area contributed by atoms with E-state index >= 15 is 0 Å². The maximum atomic E-state index is 12.4. The van der Waals surface area contributed by atoms with Gasteiger partial charge < -0.3 is 15.7 Å². The summed E-state index contributed by atoms with van der Waals surface area (Å²) in [4.78, 5) is 34.9. The van der Waals surface area contributed by atoms with E-state index in [1.54, 1.807) is 36.4 Å². The molecule has 0 fully saturated rings. The van der Waals surface area contributed by atoms with Gasteiger partial charge in [0.05, 0.1) is 0 Å². The summed E-state index contributed by atoms with van der Waals surface area (Å²) in [5.41, 5.74) is 2.54. The maximum Gasteiger partial charge on any atom is 0.303 e. The molecule has 2 aromatic rings. The second-order valence-corrected chi connectivity index (χ2v) is 7.67. The number of rotatable bonds is 7. The van der Waals surface area contributed by atoms with E-state index in [0.717, 1.165) is 11.1 Å². The van der Waals surface area contributed by atoms with Gasteiger partial charge in [-0.05, 0) is 41.8 Å². The van der Waals surface area contributed by atoms with E-state index < -0.39 is 11.4 Å². The summed E-state index contributed by atoms with van der Waals surface area (Å²) in [6.45, 7) is 5.98. The second-order valence-electron chi connectivity index (χ2n) is 7.67. The highest BCUT2D eigenvalue weighted by molar-refractivity contribution is 6.04. The number of benzene rings is 2. The third kappa shape index (κ3) is 6.54. The van der Waals surface area contributed by atoms with Crippen LogP contribution in [0.2, 0.25) is 0 Å². The van der Waals surface area contributed by atoms with Gasteiger partial charge in [-0.15, -0.1) is 0 Å². The largest absolute Gasteiger partial charge is 0.481 e. The van der Waals surface area contributed by atoms with Crippen molar-refractivity contribution in [2.45, 2.75) is 40.2 Å². The van der Waals surface area contributed by atoms with Gasteiger partial charge in [0.1, 0.15) is 0 Å². The minimum absolute atomic E-state index is 0.0267. The first-order valence-corrected chi connectivity index (χ1v) is 9.14. The molecule has 0 radical (unpaired) electrons. The number of hydrogen-bond acceptors (Lipinski definition) is 3. The third-order valence-corrected chi connectivity index (χ3v) is 4.19. The summed E-state index contributed by atoms with van der Waals surface area (Å²) >= 11 is 0. The number of amides is 2. The molecule has 0 aliphatic heterocycles. The zero-order chi connectivity index (χ0) is 20.7. The molecule has 2 amide bonds. The quantitative estimate of drug-likeness (QED) is 0.681. The molecule has 0 saturated carbocycles. The van der Waals surface area contributed by atoms with Crippen LogP contribution < -0.4 is 10.6 Å². The summed E-state index contributed by atoms with van der Waals surface area (Å²) in [6.07, 6.45) is 0.533. The molecular weight excluding hydrogens is 356 g/mol. The topological polar surface area (TPSA) is 95.5 Å². The molecule has 2 rings (SSSR count). The van der Waals surface area contributed by atoms with Gasteiger partial charge in [-0.2, -0.15) is 0 Å². The van der Waals surface area contributed by atoms with E-state index in [1.165, 1.54) is 0 Å². The Bertz CT molecular complexity index is 834. The molecule has 2 aromatic carbocycles. The van der Waals surface area contributed by atoms with Gasteiger partial charge in [-0.1, -0.05) is 45.0 Å². The highest BCUT2D eigenvalue weighted by Crippen LogP contribution is 2.15. The lowest BCUT2D eigenvalue weighted by Crippen LogP contribution is -2.34. The monoisotopic (exact) mass is 382 g/mol. The zero-order valence-electron chi connectivity index (χ0n) is 16.4. The number of carbonyl (C=O) groups excluding carboxylic acids is 2. The fourth-order valence-electron chi connectivity index (χ4n) is 2.43. The van der Waals surface area contributed by atoms with E-state index in [4.69, 9.17) is 5.11 Å². The van der Waals surface area contributed by atoms with Crippen LogP contribution in [0.25, 0.3) is 0 Å². The molecule has 6 nitrogen and oxygen atoms in total. The van der Waals surface area contributed by atoms with Crippen molar-refractivity contribution in [3.05, 3.63) is 65.2 Å². The SMILES string of the molecule is CC(C)(C)C(=O)NCc1ccc(C(=O)Nc2ccc(CCC(=O)O)cc2)cc1. The van der Waals surface area contributed by atoms with Gasteiger partial charge in [-0.25, -0.2) is 0 Å². The second kappa shape index (κ2) is 9.17. The molecule has 0 aliphatic rings.